The lowest BCUT2D eigenvalue weighted by molar-refractivity contribution is -0.122. The molecular weight excluding hydrogens is 809 g/mol. The molecule has 0 atom stereocenters. The van der Waals surface area contributed by atoms with E-state index < -0.39 is 25.5 Å². The Bertz CT molecular complexity index is 2200. The van der Waals surface area contributed by atoms with Gasteiger partial charge < -0.3 is 36.2 Å². The van der Waals surface area contributed by atoms with Gasteiger partial charge in [0.15, 0.2) is 0 Å². The van der Waals surface area contributed by atoms with Gasteiger partial charge >= 0.3 is 12.1 Å². The van der Waals surface area contributed by atoms with Crippen LogP contribution in [0.2, 0.25) is 0 Å². The second-order valence-corrected chi connectivity index (χ2v) is 14.0. The molecule has 0 aliphatic carbocycles. The van der Waals surface area contributed by atoms with E-state index in [0.717, 1.165) is 37.3 Å². The van der Waals surface area contributed by atoms with Crippen molar-refractivity contribution in [2.45, 2.75) is 40.6 Å². The molecule has 338 valence electrons. The fraction of sp³-hybridized carbons (Fsp3) is 0.419. The molecule has 6 heterocycles. The van der Waals surface area contributed by atoms with Crippen LogP contribution in [0, 0.1) is 13.7 Å². The van der Waals surface area contributed by atoms with Crippen LogP contribution in [0.4, 0.5) is 32.6 Å². The molecule has 0 saturated carbocycles. The number of aromatic nitrogens is 4. The minimum Gasteiger partial charge on any atom is -0.483 e. The van der Waals surface area contributed by atoms with Crippen LogP contribution in [-0.4, -0.2) is 145 Å². The molecule has 2 aliphatic rings. The molecule has 6 rings (SSSR count). The number of amides is 6. The number of rotatable bonds is 12. The van der Waals surface area contributed by atoms with Crippen LogP contribution in [0.3, 0.4) is 0 Å². The predicted octanol–water partition coefficient (Wildman–Crippen LogP) is 2.92. The van der Waals surface area contributed by atoms with E-state index in [0.29, 0.717) is 75.4 Å². The van der Waals surface area contributed by atoms with Crippen LogP contribution in [0.15, 0.2) is 60.9 Å². The molecule has 0 bridgehead atoms. The molecule has 0 radical (unpaired) electrons. The minimum atomic E-state index is -2.43. The van der Waals surface area contributed by atoms with E-state index >= 15 is 0 Å². The lowest BCUT2D eigenvalue weighted by atomic mass is 10.2. The first-order valence-corrected chi connectivity index (χ1v) is 20.3. The van der Waals surface area contributed by atoms with Crippen molar-refractivity contribution >= 4 is 53.4 Å². The molecule has 20 heteroatoms. The number of hydrogen-bond donors (Lipinski definition) is 7. The Morgan fingerprint density at radius 2 is 1.03 bits per heavy atom. The van der Waals surface area contributed by atoms with Crippen molar-refractivity contribution in [1.82, 2.24) is 51.0 Å². The van der Waals surface area contributed by atoms with Gasteiger partial charge in [-0.2, -0.15) is 0 Å². The number of carbonyl (C=O) groups is 5. The van der Waals surface area contributed by atoms with E-state index in [-0.39, 0.29) is 41.3 Å². The number of nitrogens with one attached hydrogen (secondary N) is 6. The van der Waals surface area contributed by atoms with Crippen molar-refractivity contribution in [2.75, 3.05) is 100.0 Å². The zero-order valence-corrected chi connectivity index (χ0v) is 35.9. The molecule has 0 unspecified atom stereocenters. The Kier molecular flexibility index (Phi) is 16.0. The van der Waals surface area contributed by atoms with E-state index in [1.807, 2.05) is 47.9 Å². The maximum Gasteiger partial charge on any atom is 0.320 e. The highest BCUT2D eigenvalue weighted by molar-refractivity contribution is 5.93. The van der Waals surface area contributed by atoms with Crippen molar-refractivity contribution in [2.24, 2.45) is 0 Å². The van der Waals surface area contributed by atoms with Crippen molar-refractivity contribution in [3.05, 3.63) is 94.8 Å². The average molecular weight is 875 g/mol. The van der Waals surface area contributed by atoms with Crippen molar-refractivity contribution in [3.8, 4) is 0 Å². The monoisotopic (exact) mass is 875 g/mol. The third-order valence-electron chi connectivity index (χ3n) is 9.71. The number of urea groups is 2. The molecule has 6 amide bonds. The molecule has 0 spiro atoms. The molecule has 2 aliphatic heterocycles. The predicted molar refractivity (Wildman–Crippen MR) is 242 cm³/mol. The summed E-state index contributed by atoms with van der Waals surface area (Å²) in [6.07, 6.45) is 3.32. The van der Waals surface area contributed by atoms with E-state index in [1.54, 1.807) is 36.7 Å². The van der Waals surface area contributed by atoms with Gasteiger partial charge in [-0.05, 0) is 87.2 Å². The Labute approximate surface area is 376 Å². The van der Waals surface area contributed by atoms with Crippen LogP contribution >= 0.6 is 0 Å². The first kappa shape index (κ1) is 40.2. The van der Waals surface area contributed by atoms with Crippen LogP contribution in [0.1, 0.15) is 65.6 Å². The Morgan fingerprint density at radius 1 is 0.651 bits per heavy atom. The summed E-state index contributed by atoms with van der Waals surface area (Å²) in [5.41, 5.74) is 3.13. The summed E-state index contributed by atoms with van der Waals surface area (Å²) in [5, 5.41) is 22.6. The maximum atomic E-state index is 11.9. The molecule has 63 heavy (non-hydrogen) atoms. The molecule has 2 saturated heterocycles. The van der Waals surface area contributed by atoms with Gasteiger partial charge in [0.05, 0.1) is 22.8 Å². The third kappa shape index (κ3) is 15.2. The first-order chi connectivity index (χ1) is 32.8. The number of pyridine rings is 4. The van der Waals surface area contributed by atoms with Gasteiger partial charge in [0.1, 0.15) is 23.0 Å². The summed E-state index contributed by atoms with van der Waals surface area (Å²) in [4.78, 5) is 80.7. The second kappa shape index (κ2) is 25.1. The van der Waals surface area contributed by atoms with E-state index in [9.17, 15) is 19.2 Å². The highest BCUT2D eigenvalue weighted by Gasteiger charge is 2.22. The lowest BCUT2D eigenvalue weighted by Gasteiger charge is -2.36. The van der Waals surface area contributed by atoms with Gasteiger partial charge in [-0.25, -0.2) is 29.5 Å². The van der Waals surface area contributed by atoms with E-state index in [4.69, 9.17) is 18.1 Å². The standard InChI is InChI=1S/2C21H29N7O2.CH2O2/c2*1-4-23-21(30)26-19-13-16(7-8-24-19)14-27-9-11-28(12-10-27)18-6-5-17(20(29)22-3)25-15(18)2;2-1-3/h2*5-8,13H,4,9-12,14H2,1-3H3,(H,22,29)(H2,23,24,26,30);1H,(H,2,3)/i2*2D3;. The Balaban J connectivity index is 0.000000284. The van der Waals surface area contributed by atoms with Gasteiger partial charge in [0, 0.05) is 113 Å². The van der Waals surface area contributed by atoms with Gasteiger partial charge in [-0.15, -0.1) is 0 Å². The summed E-state index contributed by atoms with van der Waals surface area (Å²) in [6.45, 7) is 6.38. The fourth-order valence-corrected chi connectivity index (χ4v) is 6.66. The van der Waals surface area contributed by atoms with Gasteiger partial charge in [0.25, 0.3) is 18.3 Å². The Morgan fingerprint density at radius 3 is 1.37 bits per heavy atom. The zero-order valence-electron chi connectivity index (χ0n) is 41.9. The molecule has 4 aromatic rings. The highest BCUT2D eigenvalue weighted by atomic mass is 16.3. The van der Waals surface area contributed by atoms with Crippen LogP contribution in [0.25, 0.3) is 0 Å². The lowest BCUT2D eigenvalue weighted by Crippen LogP contribution is -2.46. The molecule has 2 fully saturated rings. The zero-order chi connectivity index (χ0) is 50.7. The van der Waals surface area contributed by atoms with Crippen molar-refractivity contribution < 1.29 is 37.3 Å². The molecular formula is C43H60N14O6. The molecule has 4 aromatic heterocycles. The van der Waals surface area contributed by atoms with Gasteiger partial charge in [-0.3, -0.25) is 34.8 Å². The number of carbonyl (C=O) groups excluding carboxylic acids is 4. The molecule has 20 nitrogen and oxygen atoms in total. The van der Waals surface area contributed by atoms with Crippen LogP contribution in [0.5, 0.6) is 0 Å². The van der Waals surface area contributed by atoms with Crippen molar-refractivity contribution in [3.63, 3.8) is 0 Å². The SMILES string of the molecule is O=CO.[2H]C([2H])([2H])c1nc(C(=O)NC)ccc1N1CCN(Cc2ccnc(NC(=O)NCC)c2)CC1.[2H]C([2H])([2H])c1nc(C(=O)NC)ccc1N1CCN(Cc2ccnc(NC(=O)NCC)c2)CC1. The molecule has 0 aromatic carbocycles. The normalized spacial score (nSPS) is 15.6. The number of anilines is 4. The summed E-state index contributed by atoms with van der Waals surface area (Å²) in [7, 11) is 2.96. The minimum absolute atomic E-state index is 0.0627. The second-order valence-electron chi connectivity index (χ2n) is 14.0. The summed E-state index contributed by atoms with van der Waals surface area (Å²) in [5.74, 6) is 0.133. The number of hydrogen-bond acceptors (Lipinski definition) is 13. The number of aryl methyl sites for hydroxylation is 2. The summed E-state index contributed by atoms with van der Waals surface area (Å²) in [6, 6.07) is 13.3. The largest absolute Gasteiger partial charge is 0.483 e. The summed E-state index contributed by atoms with van der Waals surface area (Å²) < 4.78 is 47.2. The average Bonchev–Trinajstić information content (AvgIpc) is 3.31. The maximum absolute atomic E-state index is 11.9. The smallest absolute Gasteiger partial charge is 0.320 e. The van der Waals surface area contributed by atoms with Gasteiger partial charge in [-0.1, -0.05) is 0 Å². The van der Waals surface area contributed by atoms with Crippen LogP contribution in [-0.2, 0) is 17.9 Å². The highest BCUT2D eigenvalue weighted by Crippen LogP contribution is 2.23. The summed E-state index contributed by atoms with van der Waals surface area (Å²) >= 11 is 0. The number of piperazine rings is 2. The van der Waals surface area contributed by atoms with E-state index in [1.165, 1.54) is 14.1 Å². The Hall–Kier alpha value is -6.93. The topological polar surface area (TPSA) is 242 Å². The third-order valence-corrected chi connectivity index (χ3v) is 9.71. The van der Waals surface area contributed by atoms with Crippen LogP contribution < -0.4 is 41.7 Å². The van der Waals surface area contributed by atoms with E-state index in [2.05, 4.69) is 61.6 Å². The number of carboxylic acid groups (broad SMARTS) is 1. The van der Waals surface area contributed by atoms with Gasteiger partial charge in [0.2, 0.25) is 0 Å². The number of nitrogens with zero attached hydrogens (tertiary/aromatic N) is 8. The molecule has 7 N–H and O–H groups in total. The van der Waals surface area contributed by atoms with Crippen molar-refractivity contribution in [1.29, 1.82) is 0 Å². The quantitative estimate of drug-likeness (QED) is 0.101. The first-order valence-electron chi connectivity index (χ1n) is 23.3. The fourth-order valence-electron chi connectivity index (χ4n) is 6.66.